The minimum absolute atomic E-state index is 0.195. The zero-order valence-corrected chi connectivity index (χ0v) is 14.2. The molecule has 130 valence electrons. The molecule has 2 aromatic heterocycles. The lowest BCUT2D eigenvalue weighted by Gasteiger charge is -2.11. The quantitative estimate of drug-likeness (QED) is 0.593. The van der Waals surface area contributed by atoms with E-state index in [-0.39, 0.29) is 11.6 Å². The summed E-state index contributed by atoms with van der Waals surface area (Å²) in [5, 5.41) is 9.33. The van der Waals surface area contributed by atoms with Gasteiger partial charge in [0, 0.05) is 11.6 Å². The van der Waals surface area contributed by atoms with Crippen LogP contribution in [-0.4, -0.2) is 19.6 Å². The van der Waals surface area contributed by atoms with E-state index < -0.39 is 11.5 Å². The summed E-state index contributed by atoms with van der Waals surface area (Å²) < 4.78 is 15.5. The molecule has 0 fully saturated rings. The van der Waals surface area contributed by atoms with Crippen molar-refractivity contribution in [3.05, 3.63) is 76.0 Å². The van der Waals surface area contributed by atoms with Crippen molar-refractivity contribution in [2.75, 3.05) is 5.32 Å². The molecular weight excluding hydrogens is 333 g/mol. The summed E-state index contributed by atoms with van der Waals surface area (Å²) in [6, 6.07) is 14.4. The van der Waals surface area contributed by atoms with E-state index in [9.17, 15) is 9.18 Å². The van der Waals surface area contributed by atoms with Crippen molar-refractivity contribution in [1.29, 1.82) is 0 Å². The van der Waals surface area contributed by atoms with Gasteiger partial charge in [0.15, 0.2) is 5.65 Å². The predicted octanol–water partition coefficient (Wildman–Crippen LogP) is 3.58. The lowest BCUT2D eigenvalue weighted by atomic mass is 10.1. The Morgan fingerprint density at radius 3 is 2.65 bits per heavy atom. The Hall–Kier alpha value is -3.48. The third-order valence-electron chi connectivity index (χ3n) is 4.09. The molecule has 0 bridgehead atoms. The SMILES string of the molecule is Cc1cccc(-c2cc3n[nH]c(=O)n3c(Nc3ccc(C)cc3F)n2)c1. The second-order valence-electron chi connectivity index (χ2n) is 6.17. The van der Waals surface area contributed by atoms with Gasteiger partial charge in [0.25, 0.3) is 0 Å². The molecule has 0 saturated heterocycles. The van der Waals surface area contributed by atoms with Gasteiger partial charge in [-0.2, -0.15) is 5.10 Å². The maximum absolute atomic E-state index is 14.2. The van der Waals surface area contributed by atoms with E-state index in [1.54, 1.807) is 18.2 Å². The van der Waals surface area contributed by atoms with Crippen molar-refractivity contribution >= 4 is 17.3 Å². The summed E-state index contributed by atoms with van der Waals surface area (Å²) in [5.74, 6) is -0.224. The molecule has 0 atom stereocenters. The maximum atomic E-state index is 14.2. The molecule has 26 heavy (non-hydrogen) atoms. The second-order valence-corrected chi connectivity index (χ2v) is 6.17. The fourth-order valence-electron chi connectivity index (χ4n) is 2.81. The van der Waals surface area contributed by atoms with Crippen LogP contribution < -0.4 is 11.0 Å². The van der Waals surface area contributed by atoms with Crippen molar-refractivity contribution in [2.24, 2.45) is 0 Å². The number of nitrogens with zero attached hydrogens (tertiary/aromatic N) is 3. The van der Waals surface area contributed by atoms with Gasteiger partial charge in [-0.1, -0.05) is 29.8 Å². The molecule has 0 aliphatic rings. The molecule has 0 saturated carbocycles. The minimum Gasteiger partial charge on any atom is -0.323 e. The number of H-pyrrole nitrogens is 1. The number of aryl methyl sites for hydroxylation is 2. The van der Waals surface area contributed by atoms with Crippen molar-refractivity contribution in [3.8, 4) is 11.3 Å². The number of nitrogens with one attached hydrogen (secondary N) is 2. The number of halogens is 1. The third-order valence-corrected chi connectivity index (χ3v) is 4.09. The number of fused-ring (bicyclic) bond motifs is 1. The highest BCUT2D eigenvalue weighted by Crippen LogP contribution is 2.24. The predicted molar refractivity (Wildman–Crippen MR) is 98.2 cm³/mol. The van der Waals surface area contributed by atoms with Crippen molar-refractivity contribution < 1.29 is 4.39 Å². The maximum Gasteiger partial charge on any atom is 0.350 e. The zero-order valence-electron chi connectivity index (χ0n) is 14.2. The zero-order chi connectivity index (χ0) is 18.3. The van der Waals surface area contributed by atoms with Gasteiger partial charge in [-0.15, -0.1) is 0 Å². The van der Waals surface area contributed by atoms with Crippen LogP contribution in [0.2, 0.25) is 0 Å². The summed E-state index contributed by atoms with van der Waals surface area (Å²) in [6.07, 6.45) is 0. The first-order valence-electron chi connectivity index (χ1n) is 8.10. The van der Waals surface area contributed by atoms with Gasteiger partial charge in [0.2, 0.25) is 5.95 Å². The molecule has 2 heterocycles. The van der Waals surface area contributed by atoms with Gasteiger partial charge in [-0.05, 0) is 37.6 Å². The molecule has 7 heteroatoms. The summed E-state index contributed by atoms with van der Waals surface area (Å²) in [5.41, 5.74) is 3.60. The van der Waals surface area contributed by atoms with Crippen molar-refractivity contribution in [2.45, 2.75) is 13.8 Å². The molecule has 0 spiro atoms. The van der Waals surface area contributed by atoms with E-state index in [1.165, 1.54) is 10.5 Å². The summed E-state index contributed by atoms with van der Waals surface area (Å²) in [6.45, 7) is 3.80. The second kappa shape index (κ2) is 6.11. The summed E-state index contributed by atoms with van der Waals surface area (Å²) in [4.78, 5) is 16.6. The Morgan fingerprint density at radius 1 is 1.08 bits per heavy atom. The van der Waals surface area contributed by atoms with Crippen LogP contribution in [0.1, 0.15) is 11.1 Å². The van der Waals surface area contributed by atoms with Crippen LogP contribution in [0.3, 0.4) is 0 Å². The average molecular weight is 349 g/mol. The molecule has 0 unspecified atom stereocenters. The Bertz CT molecular complexity index is 1180. The highest BCUT2D eigenvalue weighted by Gasteiger charge is 2.13. The van der Waals surface area contributed by atoms with Gasteiger partial charge >= 0.3 is 5.69 Å². The van der Waals surface area contributed by atoms with Crippen LogP contribution in [0.4, 0.5) is 16.0 Å². The topological polar surface area (TPSA) is 75.1 Å². The van der Waals surface area contributed by atoms with Gasteiger partial charge < -0.3 is 5.32 Å². The number of hydrogen-bond acceptors (Lipinski definition) is 4. The summed E-state index contributed by atoms with van der Waals surface area (Å²) in [7, 11) is 0. The highest BCUT2D eigenvalue weighted by atomic mass is 19.1. The van der Waals surface area contributed by atoms with E-state index >= 15 is 0 Å². The molecule has 4 aromatic rings. The van der Waals surface area contributed by atoms with Gasteiger partial charge in [0.1, 0.15) is 5.82 Å². The number of anilines is 2. The third kappa shape index (κ3) is 2.83. The molecule has 0 aliphatic carbocycles. The Labute approximate surface area is 148 Å². The highest BCUT2D eigenvalue weighted by molar-refractivity contribution is 5.68. The molecule has 2 N–H and O–H groups in total. The minimum atomic E-state index is -0.446. The number of rotatable bonds is 3. The van der Waals surface area contributed by atoms with E-state index in [0.29, 0.717) is 11.3 Å². The Morgan fingerprint density at radius 2 is 1.88 bits per heavy atom. The molecule has 4 rings (SSSR count). The molecule has 2 aromatic carbocycles. The van der Waals surface area contributed by atoms with Crippen LogP contribution in [0.25, 0.3) is 16.9 Å². The average Bonchev–Trinajstić information content (AvgIpc) is 2.99. The Balaban J connectivity index is 1.89. The normalized spacial score (nSPS) is 11.0. The molecular formula is C19H16FN5O. The Kier molecular flexibility index (Phi) is 3.76. The van der Waals surface area contributed by atoms with E-state index in [2.05, 4.69) is 20.5 Å². The number of benzene rings is 2. The first kappa shape index (κ1) is 16.0. The summed E-state index contributed by atoms with van der Waals surface area (Å²) >= 11 is 0. The lowest BCUT2D eigenvalue weighted by molar-refractivity contribution is 0.630. The van der Waals surface area contributed by atoms with Crippen LogP contribution >= 0.6 is 0 Å². The van der Waals surface area contributed by atoms with Crippen molar-refractivity contribution in [1.82, 2.24) is 19.6 Å². The van der Waals surface area contributed by atoms with Gasteiger partial charge in [-0.3, -0.25) is 0 Å². The van der Waals surface area contributed by atoms with Crippen LogP contribution in [0, 0.1) is 19.7 Å². The first-order chi connectivity index (χ1) is 12.5. The standard InChI is InChI=1S/C19H16FN5O/c1-11-4-3-5-13(8-11)16-10-17-23-24-19(26)25(17)18(22-16)21-15-7-6-12(2)9-14(15)20/h3-10H,1-2H3,(H,21,22)(H,24,26). The number of aromatic nitrogens is 4. The van der Waals surface area contributed by atoms with E-state index in [4.69, 9.17) is 0 Å². The molecule has 6 nitrogen and oxygen atoms in total. The number of aromatic amines is 1. The smallest absolute Gasteiger partial charge is 0.323 e. The van der Waals surface area contributed by atoms with Gasteiger partial charge in [-0.25, -0.2) is 23.7 Å². The first-order valence-corrected chi connectivity index (χ1v) is 8.10. The molecule has 0 aliphatic heterocycles. The fraction of sp³-hybridized carbons (Fsp3) is 0.105. The molecule has 0 amide bonds. The fourth-order valence-corrected chi connectivity index (χ4v) is 2.81. The monoisotopic (exact) mass is 349 g/mol. The van der Waals surface area contributed by atoms with Crippen molar-refractivity contribution in [3.63, 3.8) is 0 Å². The lowest BCUT2D eigenvalue weighted by Crippen LogP contribution is -2.15. The van der Waals surface area contributed by atoms with E-state index in [0.717, 1.165) is 16.7 Å². The van der Waals surface area contributed by atoms with Gasteiger partial charge in [0.05, 0.1) is 11.4 Å². The molecule has 0 radical (unpaired) electrons. The largest absolute Gasteiger partial charge is 0.350 e. The van der Waals surface area contributed by atoms with E-state index in [1.807, 2.05) is 38.1 Å². The number of hydrogen-bond donors (Lipinski definition) is 2. The van der Waals surface area contributed by atoms with Crippen LogP contribution in [-0.2, 0) is 0 Å². The van der Waals surface area contributed by atoms with Crippen LogP contribution in [0.15, 0.2) is 53.3 Å². The van der Waals surface area contributed by atoms with Crippen LogP contribution in [0.5, 0.6) is 0 Å².